The van der Waals surface area contributed by atoms with Crippen molar-refractivity contribution >= 4 is 35.1 Å². The molecule has 0 unspecified atom stereocenters. The van der Waals surface area contributed by atoms with Gasteiger partial charge in [0.15, 0.2) is 5.16 Å². The van der Waals surface area contributed by atoms with Crippen LogP contribution in [-0.4, -0.2) is 35.2 Å². The van der Waals surface area contributed by atoms with E-state index in [2.05, 4.69) is 22.2 Å². The highest BCUT2D eigenvalue weighted by Crippen LogP contribution is 2.21. The number of halogens is 1. The molecule has 0 aliphatic heterocycles. The molecular formula is C17H21ClN4OS. The zero-order chi connectivity index (χ0) is 17.4. The highest BCUT2D eigenvalue weighted by atomic mass is 35.5. The van der Waals surface area contributed by atoms with Crippen LogP contribution in [0.1, 0.15) is 18.9 Å². The molecule has 0 atom stereocenters. The fraction of sp³-hybridized carbons (Fsp3) is 0.353. The third kappa shape index (κ3) is 6.02. The Kier molecular flexibility index (Phi) is 7.34. The number of nitrogens with zero attached hydrogens (tertiary/aromatic N) is 3. The number of benzene rings is 1. The fourth-order valence-electron chi connectivity index (χ4n) is 2.07. The largest absolute Gasteiger partial charge is 0.360 e. The van der Waals surface area contributed by atoms with Gasteiger partial charge in [-0.1, -0.05) is 60.6 Å². The van der Waals surface area contributed by atoms with Crippen molar-refractivity contribution < 1.29 is 4.79 Å². The Hall–Kier alpha value is -1.79. The van der Waals surface area contributed by atoms with Gasteiger partial charge in [-0.15, -0.1) is 0 Å². The monoisotopic (exact) mass is 364 g/mol. The zero-order valence-corrected chi connectivity index (χ0v) is 15.4. The average molecular weight is 365 g/mol. The average Bonchev–Trinajstić information content (AvgIpc) is 2.59. The highest BCUT2D eigenvalue weighted by molar-refractivity contribution is 7.99. The van der Waals surface area contributed by atoms with Crippen molar-refractivity contribution in [2.24, 2.45) is 0 Å². The lowest BCUT2D eigenvalue weighted by Crippen LogP contribution is -2.24. The summed E-state index contributed by atoms with van der Waals surface area (Å²) in [7, 11) is 1.96. The fourth-order valence-corrected chi connectivity index (χ4v) is 2.98. The molecule has 0 radical (unpaired) electrons. The summed E-state index contributed by atoms with van der Waals surface area (Å²) in [4.78, 5) is 22.6. The Morgan fingerprint density at radius 3 is 2.75 bits per heavy atom. The minimum Gasteiger partial charge on any atom is -0.360 e. The number of carbonyl (C=O) groups excluding carboxylic acids is 1. The molecule has 128 valence electrons. The molecule has 7 heteroatoms. The number of hydrogen-bond acceptors (Lipinski definition) is 5. The summed E-state index contributed by atoms with van der Waals surface area (Å²) in [6.45, 7) is 3.50. The molecule has 24 heavy (non-hydrogen) atoms. The van der Waals surface area contributed by atoms with E-state index in [0.29, 0.717) is 16.9 Å². The van der Waals surface area contributed by atoms with E-state index in [-0.39, 0.29) is 11.7 Å². The molecule has 1 aromatic heterocycles. The minimum absolute atomic E-state index is 0.0594. The van der Waals surface area contributed by atoms with Crippen molar-refractivity contribution in [1.29, 1.82) is 0 Å². The van der Waals surface area contributed by atoms with Gasteiger partial charge < -0.3 is 10.2 Å². The van der Waals surface area contributed by atoms with Gasteiger partial charge in [-0.25, -0.2) is 9.97 Å². The van der Waals surface area contributed by atoms with Crippen LogP contribution in [0.3, 0.4) is 0 Å². The van der Waals surface area contributed by atoms with Gasteiger partial charge in [0.1, 0.15) is 11.0 Å². The van der Waals surface area contributed by atoms with Crippen LogP contribution in [0.2, 0.25) is 5.15 Å². The van der Waals surface area contributed by atoms with Crippen LogP contribution in [0, 0.1) is 0 Å². The summed E-state index contributed by atoms with van der Waals surface area (Å²) in [6.07, 6.45) is 1.02. The lowest BCUT2D eigenvalue weighted by molar-refractivity contribution is -0.118. The summed E-state index contributed by atoms with van der Waals surface area (Å²) in [5, 5.41) is 3.78. The third-order valence-corrected chi connectivity index (χ3v) is 4.32. The molecule has 0 saturated heterocycles. The van der Waals surface area contributed by atoms with E-state index in [4.69, 9.17) is 11.6 Å². The van der Waals surface area contributed by atoms with E-state index < -0.39 is 0 Å². The van der Waals surface area contributed by atoms with Crippen LogP contribution in [-0.2, 0) is 11.3 Å². The number of hydrogen-bond donors (Lipinski definition) is 1. The Morgan fingerprint density at radius 2 is 2.04 bits per heavy atom. The van der Waals surface area contributed by atoms with Crippen LogP contribution in [0.5, 0.6) is 0 Å². The molecule has 0 aliphatic carbocycles. The number of carbonyl (C=O) groups is 1. The SMILES string of the molecule is CCCN(C)c1cc(Cl)nc(SCC(=O)NCc2ccccc2)n1. The van der Waals surface area contributed by atoms with Crippen LogP contribution in [0.25, 0.3) is 0 Å². The van der Waals surface area contributed by atoms with Crippen molar-refractivity contribution in [3.8, 4) is 0 Å². The third-order valence-electron chi connectivity index (χ3n) is 3.28. The van der Waals surface area contributed by atoms with Crippen molar-refractivity contribution in [3.63, 3.8) is 0 Å². The van der Waals surface area contributed by atoms with E-state index in [9.17, 15) is 4.79 Å². The predicted molar refractivity (Wildman–Crippen MR) is 99.6 cm³/mol. The second-order valence-corrected chi connectivity index (χ2v) is 6.63. The van der Waals surface area contributed by atoms with Gasteiger partial charge >= 0.3 is 0 Å². The first-order valence-electron chi connectivity index (χ1n) is 7.77. The number of aromatic nitrogens is 2. The van der Waals surface area contributed by atoms with Gasteiger partial charge in [0.25, 0.3) is 0 Å². The Bertz CT molecular complexity index is 669. The maximum atomic E-state index is 12.0. The van der Waals surface area contributed by atoms with Crippen LogP contribution < -0.4 is 10.2 Å². The summed E-state index contributed by atoms with van der Waals surface area (Å²) >= 11 is 7.34. The molecule has 2 aromatic rings. The van der Waals surface area contributed by atoms with E-state index >= 15 is 0 Å². The highest BCUT2D eigenvalue weighted by Gasteiger charge is 2.10. The molecular weight excluding hydrogens is 344 g/mol. The van der Waals surface area contributed by atoms with E-state index in [1.165, 1.54) is 11.8 Å². The zero-order valence-electron chi connectivity index (χ0n) is 13.8. The van der Waals surface area contributed by atoms with Crippen molar-refractivity contribution in [3.05, 3.63) is 47.1 Å². The number of anilines is 1. The first kappa shape index (κ1) is 18.5. The lowest BCUT2D eigenvalue weighted by atomic mass is 10.2. The molecule has 2 rings (SSSR count). The van der Waals surface area contributed by atoms with Gasteiger partial charge in [-0.05, 0) is 12.0 Å². The smallest absolute Gasteiger partial charge is 0.230 e. The molecule has 5 nitrogen and oxygen atoms in total. The number of nitrogens with one attached hydrogen (secondary N) is 1. The predicted octanol–water partition coefficient (Wildman–Crippen LogP) is 3.38. The molecule has 1 amide bonds. The van der Waals surface area contributed by atoms with Crippen LogP contribution in [0.15, 0.2) is 41.6 Å². The lowest BCUT2D eigenvalue weighted by Gasteiger charge is -2.17. The van der Waals surface area contributed by atoms with Crippen LogP contribution in [0.4, 0.5) is 5.82 Å². The summed E-state index contributed by atoms with van der Waals surface area (Å²) in [5.41, 5.74) is 1.07. The van der Waals surface area contributed by atoms with E-state index in [0.717, 1.165) is 24.3 Å². The van der Waals surface area contributed by atoms with Gasteiger partial charge in [0, 0.05) is 26.2 Å². The van der Waals surface area contributed by atoms with E-state index in [1.807, 2.05) is 42.3 Å². The summed E-state index contributed by atoms with van der Waals surface area (Å²) in [5.74, 6) is 0.962. The molecule has 1 heterocycles. The van der Waals surface area contributed by atoms with Gasteiger partial charge in [-0.3, -0.25) is 4.79 Å². The van der Waals surface area contributed by atoms with Gasteiger partial charge in [0.2, 0.25) is 5.91 Å². The molecule has 0 aliphatic rings. The van der Waals surface area contributed by atoms with Gasteiger partial charge in [-0.2, -0.15) is 0 Å². The summed E-state index contributed by atoms with van der Waals surface area (Å²) < 4.78 is 0. The first-order chi connectivity index (χ1) is 11.6. The number of amides is 1. The molecule has 0 saturated carbocycles. The van der Waals surface area contributed by atoms with Crippen molar-refractivity contribution in [2.75, 3.05) is 24.2 Å². The first-order valence-corrected chi connectivity index (χ1v) is 9.14. The normalized spacial score (nSPS) is 10.5. The summed E-state index contributed by atoms with van der Waals surface area (Å²) in [6, 6.07) is 11.5. The molecule has 0 fully saturated rings. The Labute approximate surface area is 151 Å². The molecule has 0 bridgehead atoms. The van der Waals surface area contributed by atoms with Crippen molar-refractivity contribution in [1.82, 2.24) is 15.3 Å². The molecule has 0 spiro atoms. The molecule has 1 aromatic carbocycles. The second-order valence-electron chi connectivity index (χ2n) is 5.30. The maximum Gasteiger partial charge on any atom is 0.230 e. The Morgan fingerprint density at radius 1 is 1.29 bits per heavy atom. The topological polar surface area (TPSA) is 58.1 Å². The quantitative estimate of drug-likeness (QED) is 0.442. The van der Waals surface area contributed by atoms with Crippen LogP contribution >= 0.6 is 23.4 Å². The second kappa shape index (κ2) is 9.49. The standard InChI is InChI=1S/C17H21ClN4OS/c1-3-9-22(2)15-10-14(18)20-17(21-15)24-12-16(23)19-11-13-7-5-4-6-8-13/h4-8,10H,3,9,11-12H2,1-2H3,(H,19,23). The van der Waals surface area contributed by atoms with Gasteiger partial charge in [0.05, 0.1) is 5.75 Å². The number of thioether (sulfide) groups is 1. The Balaban J connectivity index is 1.88. The van der Waals surface area contributed by atoms with E-state index in [1.54, 1.807) is 6.07 Å². The minimum atomic E-state index is -0.0594. The number of rotatable bonds is 8. The van der Waals surface area contributed by atoms with Crippen molar-refractivity contribution in [2.45, 2.75) is 25.0 Å². The molecule has 1 N–H and O–H groups in total. The maximum absolute atomic E-state index is 12.0.